The van der Waals surface area contributed by atoms with Crippen LogP contribution in [0.4, 0.5) is 0 Å². The van der Waals surface area contributed by atoms with Crippen molar-refractivity contribution in [1.29, 1.82) is 0 Å². The molecule has 1 aliphatic rings. The first-order chi connectivity index (χ1) is 8.34. The molecule has 0 saturated carbocycles. The van der Waals surface area contributed by atoms with Gasteiger partial charge in [-0.15, -0.1) is 0 Å². The summed E-state index contributed by atoms with van der Waals surface area (Å²) in [6.07, 6.45) is 6.66. The van der Waals surface area contributed by atoms with E-state index in [1.165, 1.54) is 6.08 Å². The second-order valence-corrected chi connectivity index (χ2v) is 6.44. The van der Waals surface area contributed by atoms with Crippen LogP contribution < -0.4 is 0 Å². The van der Waals surface area contributed by atoms with E-state index in [4.69, 9.17) is 11.6 Å². The second kappa shape index (κ2) is 4.53. The minimum atomic E-state index is -4.16. The zero-order valence-electron chi connectivity index (χ0n) is 9.75. The highest BCUT2D eigenvalue weighted by atomic mass is 35.5. The Morgan fingerprint density at radius 1 is 1.22 bits per heavy atom. The van der Waals surface area contributed by atoms with Crippen LogP contribution in [0, 0.1) is 0 Å². The second-order valence-electron chi connectivity index (χ2n) is 4.47. The molecule has 0 fully saturated rings. The van der Waals surface area contributed by atoms with Gasteiger partial charge in [-0.3, -0.25) is 4.55 Å². The maximum atomic E-state index is 11.5. The molecule has 3 nitrogen and oxygen atoms in total. The molecule has 0 radical (unpaired) electrons. The summed E-state index contributed by atoms with van der Waals surface area (Å²) in [7, 11) is -4.16. The van der Waals surface area contributed by atoms with Crippen LogP contribution in [0.15, 0.2) is 48.6 Å². The zero-order valence-corrected chi connectivity index (χ0v) is 11.3. The lowest BCUT2D eigenvalue weighted by atomic mass is 9.77. The highest BCUT2D eigenvalue weighted by molar-refractivity contribution is 7.86. The van der Waals surface area contributed by atoms with Crippen molar-refractivity contribution < 1.29 is 13.0 Å². The monoisotopic (exact) mass is 284 g/mol. The van der Waals surface area contributed by atoms with Crippen LogP contribution in [0.3, 0.4) is 0 Å². The molecule has 0 aliphatic heterocycles. The minimum absolute atomic E-state index is 0.584. The highest BCUT2D eigenvalue weighted by Crippen LogP contribution is 2.36. The third-order valence-corrected chi connectivity index (χ3v) is 4.76. The van der Waals surface area contributed by atoms with E-state index in [0.29, 0.717) is 5.02 Å². The van der Waals surface area contributed by atoms with Gasteiger partial charge in [0.15, 0.2) is 0 Å². The first kappa shape index (κ1) is 13.3. The van der Waals surface area contributed by atoms with Crippen molar-refractivity contribution >= 4 is 21.7 Å². The lowest BCUT2D eigenvalue weighted by molar-refractivity contribution is 0.450. The van der Waals surface area contributed by atoms with Gasteiger partial charge in [0.2, 0.25) is 0 Å². The number of hydrogen-bond donors (Lipinski definition) is 1. The van der Waals surface area contributed by atoms with Crippen molar-refractivity contribution in [2.45, 2.75) is 17.6 Å². The fourth-order valence-electron chi connectivity index (χ4n) is 2.19. The lowest BCUT2D eigenvalue weighted by Gasteiger charge is -2.33. The predicted molar refractivity (Wildman–Crippen MR) is 72.4 cm³/mol. The van der Waals surface area contributed by atoms with Crippen molar-refractivity contribution in [3.63, 3.8) is 0 Å². The summed E-state index contributed by atoms with van der Waals surface area (Å²) >= 11 is 5.82. The van der Waals surface area contributed by atoms with E-state index >= 15 is 0 Å². The summed E-state index contributed by atoms with van der Waals surface area (Å²) < 4.78 is 32.3. The van der Waals surface area contributed by atoms with E-state index in [9.17, 15) is 13.0 Å². The van der Waals surface area contributed by atoms with E-state index in [1.807, 2.05) is 0 Å². The first-order valence-corrected chi connectivity index (χ1v) is 7.30. The summed E-state index contributed by atoms with van der Waals surface area (Å²) in [6, 6.07) is 6.94. The molecule has 5 heteroatoms. The van der Waals surface area contributed by atoms with Crippen molar-refractivity contribution in [1.82, 2.24) is 0 Å². The molecule has 18 heavy (non-hydrogen) atoms. The smallest absolute Gasteiger partial charge is 0.272 e. The standard InChI is InChI=1S/C13H13ClO3S/c1-13(10-5-7-11(14)8-6-10)9-3-2-4-12(13)18(15,16)17/h2-9,12H,1H3,(H,15,16,17). The molecule has 2 rings (SSSR count). The molecule has 1 aliphatic carbocycles. The van der Waals surface area contributed by atoms with Gasteiger partial charge in [0, 0.05) is 10.4 Å². The molecular weight excluding hydrogens is 272 g/mol. The summed E-state index contributed by atoms with van der Waals surface area (Å²) in [5.41, 5.74) is -0.0115. The number of rotatable bonds is 2. The van der Waals surface area contributed by atoms with Gasteiger partial charge in [-0.1, -0.05) is 55.0 Å². The maximum Gasteiger partial charge on any atom is 0.272 e. The Labute approximate surface area is 112 Å². The van der Waals surface area contributed by atoms with Crippen LogP contribution in [-0.4, -0.2) is 18.2 Å². The van der Waals surface area contributed by atoms with Gasteiger partial charge >= 0.3 is 0 Å². The van der Waals surface area contributed by atoms with Gasteiger partial charge in [0.1, 0.15) is 5.25 Å². The normalized spacial score (nSPS) is 27.4. The van der Waals surface area contributed by atoms with Crippen molar-refractivity contribution in [2.24, 2.45) is 0 Å². The summed E-state index contributed by atoms with van der Waals surface area (Å²) in [6.45, 7) is 1.77. The van der Waals surface area contributed by atoms with Gasteiger partial charge in [0.05, 0.1) is 0 Å². The SMILES string of the molecule is CC1(c2ccc(Cl)cc2)C=CC=CC1S(=O)(=O)O. The third kappa shape index (κ3) is 2.36. The molecule has 0 amide bonds. The van der Waals surface area contributed by atoms with Crippen LogP contribution in [0.5, 0.6) is 0 Å². The molecule has 1 aromatic carbocycles. The third-order valence-electron chi connectivity index (χ3n) is 3.22. The highest BCUT2D eigenvalue weighted by Gasteiger charge is 2.41. The quantitative estimate of drug-likeness (QED) is 0.850. The summed E-state index contributed by atoms with van der Waals surface area (Å²) in [5, 5.41) is -0.405. The Morgan fingerprint density at radius 3 is 2.39 bits per heavy atom. The van der Waals surface area contributed by atoms with Crippen LogP contribution in [0.1, 0.15) is 12.5 Å². The molecular formula is C13H13ClO3S. The van der Waals surface area contributed by atoms with Gasteiger partial charge in [-0.2, -0.15) is 8.42 Å². The average molecular weight is 285 g/mol. The Bertz CT molecular complexity index is 602. The van der Waals surface area contributed by atoms with Crippen molar-refractivity contribution in [3.8, 4) is 0 Å². The van der Waals surface area contributed by atoms with Crippen LogP contribution in [0.2, 0.25) is 5.02 Å². The van der Waals surface area contributed by atoms with Gasteiger partial charge in [-0.05, 0) is 17.7 Å². The van der Waals surface area contributed by atoms with E-state index in [2.05, 4.69) is 0 Å². The fraction of sp³-hybridized carbons (Fsp3) is 0.231. The van der Waals surface area contributed by atoms with Crippen LogP contribution in [-0.2, 0) is 15.5 Å². The fourth-order valence-corrected chi connectivity index (χ4v) is 3.44. The number of benzene rings is 1. The van der Waals surface area contributed by atoms with E-state index < -0.39 is 20.8 Å². The Balaban J connectivity index is 2.54. The lowest BCUT2D eigenvalue weighted by Crippen LogP contribution is -2.40. The van der Waals surface area contributed by atoms with E-state index in [1.54, 1.807) is 49.4 Å². The molecule has 0 spiro atoms. The topological polar surface area (TPSA) is 54.4 Å². The van der Waals surface area contributed by atoms with Gasteiger partial charge in [0.25, 0.3) is 10.1 Å². The van der Waals surface area contributed by atoms with Gasteiger partial charge < -0.3 is 0 Å². The van der Waals surface area contributed by atoms with E-state index in [0.717, 1.165) is 5.56 Å². The maximum absolute atomic E-state index is 11.5. The number of halogens is 1. The largest absolute Gasteiger partial charge is 0.285 e. The molecule has 0 saturated heterocycles. The van der Waals surface area contributed by atoms with Crippen molar-refractivity contribution in [3.05, 3.63) is 59.2 Å². The van der Waals surface area contributed by atoms with Gasteiger partial charge in [-0.25, -0.2) is 0 Å². The average Bonchev–Trinajstić information content (AvgIpc) is 2.28. The van der Waals surface area contributed by atoms with E-state index in [-0.39, 0.29) is 0 Å². The first-order valence-electron chi connectivity index (χ1n) is 5.42. The Kier molecular flexibility index (Phi) is 3.36. The number of allylic oxidation sites excluding steroid dienone is 3. The van der Waals surface area contributed by atoms with Crippen LogP contribution in [0.25, 0.3) is 0 Å². The molecule has 96 valence electrons. The minimum Gasteiger partial charge on any atom is -0.285 e. The molecule has 1 aromatic rings. The van der Waals surface area contributed by atoms with Crippen molar-refractivity contribution in [2.75, 3.05) is 0 Å². The predicted octanol–water partition coefficient (Wildman–Crippen LogP) is 2.98. The zero-order chi connectivity index (χ0) is 13.4. The Morgan fingerprint density at radius 2 is 1.83 bits per heavy atom. The molecule has 0 aromatic heterocycles. The molecule has 2 unspecified atom stereocenters. The molecule has 1 N–H and O–H groups in total. The number of hydrogen-bond acceptors (Lipinski definition) is 2. The molecule has 2 atom stereocenters. The Hall–Kier alpha value is -1.10. The molecule has 0 heterocycles. The van der Waals surface area contributed by atoms with Crippen LogP contribution >= 0.6 is 11.6 Å². The molecule has 0 bridgehead atoms. The summed E-state index contributed by atoms with van der Waals surface area (Å²) in [4.78, 5) is 0. The summed E-state index contributed by atoms with van der Waals surface area (Å²) in [5.74, 6) is 0.